The fraction of sp³-hybridized carbons (Fsp3) is 0.438. The molecule has 1 aromatic rings. The van der Waals surface area contributed by atoms with E-state index in [2.05, 4.69) is 5.32 Å². The summed E-state index contributed by atoms with van der Waals surface area (Å²) in [5, 5.41) is 2.71. The molecule has 0 spiro atoms. The van der Waals surface area contributed by atoms with Crippen LogP contribution >= 0.6 is 0 Å². The highest BCUT2D eigenvalue weighted by Gasteiger charge is 2.29. The molecule has 3 amide bonds. The molecule has 1 fully saturated rings. The van der Waals surface area contributed by atoms with E-state index in [4.69, 9.17) is 5.73 Å². The molecule has 1 aliphatic heterocycles. The number of nitrogens with one attached hydrogen (secondary N) is 1. The minimum atomic E-state index is -0.846. The van der Waals surface area contributed by atoms with Crippen LogP contribution in [0.5, 0.6) is 0 Å². The number of hydrogen-bond acceptors (Lipinski definition) is 3. The first-order chi connectivity index (χ1) is 10.5. The number of piperidine rings is 1. The Hall–Kier alpha value is -2.37. The van der Waals surface area contributed by atoms with Gasteiger partial charge in [-0.3, -0.25) is 14.4 Å². The van der Waals surface area contributed by atoms with Crippen molar-refractivity contribution < 1.29 is 14.4 Å². The second-order valence-corrected chi connectivity index (χ2v) is 5.56. The van der Waals surface area contributed by atoms with E-state index in [1.54, 1.807) is 29.2 Å². The van der Waals surface area contributed by atoms with E-state index in [1.807, 2.05) is 6.07 Å². The first-order valence-corrected chi connectivity index (χ1v) is 7.39. The Morgan fingerprint density at radius 3 is 2.55 bits per heavy atom. The summed E-state index contributed by atoms with van der Waals surface area (Å²) in [7, 11) is 0. The molecule has 0 saturated carbocycles. The van der Waals surface area contributed by atoms with Crippen molar-refractivity contribution >= 4 is 17.7 Å². The molecule has 0 bridgehead atoms. The van der Waals surface area contributed by atoms with Gasteiger partial charge in [-0.15, -0.1) is 0 Å². The highest BCUT2D eigenvalue weighted by molar-refractivity contribution is 5.89. The number of hydrogen-bond donors (Lipinski definition) is 2. The van der Waals surface area contributed by atoms with Gasteiger partial charge in [0.1, 0.15) is 6.04 Å². The summed E-state index contributed by atoms with van der Waals surface area (Å²) in [6, 6.07) is 8.05. The van der Waals surface area contributed by atoms with Crippen LogP contribution in [0.4, 0.5) is 0 Å². The van der Waals surface area contributed by atoms with Gasteiger partial charge < -0.3 is 16.0 Å². The molecule has 1 saturated heterocycles. The van der Waals surface area contributed by atoms with Crippen LogP contribution in [0.2, 0.25) is 0 Å². The van der Waals surface area contributed by atoms with E-state index in [9.17, 15) is 14.4 Å². The Morgan fingerprint density at radius 1 is 1.27 bits per heavy atom. The molecule has 1 heterocycles. The van der Waals surface area contributed by atoms with Crippen LogP contribution in [0.3, 0.4) is 0 Å². The standard InChI is InChI=1S/C16H21N3O3/c1-11(20)19-9-5-8-13(10-19)16(22)18-14(15(17)21)12-6-3-2-4-7-12/h2-4,6-7,13-14H,5,8-10H2,1H3,(H2,17,21)(H,18,22). The van der Waals surface area contributed by atoms with Gasteiger partial charge in [-0.05, 0) is 18.4 Å². The van der Waals surface area contributed by atoms with Gasteiger partial charge >= 0.3 is 0 Å². The topological polar surface area (TPSA) is 92.5 Å². The highest BCUT2D eigenvalue weighted by Crippen LogP contribution is 2.19. The van der Waals surface area contributed by atoms with Crippen molar-refractivity contribution in [1.29, 1.82) is 0 Å². The fourth-order valence-corrected chi connectivity index (χ4v) is 2.70. The fourth-order valence-electron chi connectivity index (χ4n) is 2.70. The van der Waals surface area contributed by atoms with Gasteiger partial charge in [0.25, 0.3) is 0 Å². The van der Waals surface area contributed by atoms with Gasteiger partial charge in [0.2, 0.25) is 17.7 Å². The normalized spacial score (nSPS) is 19.3. The zero-order valence-corrected chi connectivity index (χ0v) is 12.6. The van der Waals surface area contributed by atoms with Crippen molar-refractivity contribution in [2.24, 2.45) is 11.7 Å². The molecule has 0 radical (unpaired) electrons. The Labute approximate surface area is 129 Å². The predicted molar refractivity (Wildman–Crippen MR) is 81.5 cm³/mol. The molecule has 1 aromatic carbocycles. The third-order valence-corrected chi connectivity index (χ3v) is 3.94. The van der Waals surface area contributed by atoms with Gasteiger partial charge in [-0.25, -0.2) is 0 Å². The first-order valence-electron chi connectivity index (χ1n) is 7.39. The first kappa shape index (κ1) is 16.0. The molecule has 0 aliphatic carbocycles. The molecule has 2 unspecified atom stereocenters. The van der Waals surface area contributed by atoms with E-state index >= 15 is 0 Å². The Morgan fingerprint density at radius 2 is 1.95 bits per heavy atom. The number of nitrogens with zero attached hydrogens (tertiary/aromatic N) is 1. The number of rotatable bonds is 4. The van der Waals surface area contributed by atoms with Crippen molar-refractivity contribution in [2.75, 3.05) is 13.1 Å². The second kappa shape index (κ2) is 7.06. The Balaban J connectivity index is 2.05. The third kappa shape index (κ3) is 3.84. The van der Waals surface area contributed by atoms with Gasteiger partial charge in [-0.2, -0.15) is 0 Å². The van der Waals surface area contributed by atoms with Crippen LogP contribution in [0.25, 0.3) is 0 Å². The van der Waals surface area contributed by atoms with Crippen molar-refractivity contribution in [3.8, 4) is 0 Å². The molecule has 1 aliphatic rings. The summed E-state index contributed by atoms with van der Waals surface area (Å²) in [6.07, 6.45) is 1.49. The molecular formula is C16H21N3O3. The van der Waals surface area contributed by atoms with E-state index in [-0.39, 0.29) is 17.7 Å². The van der Waals surface area contributed by atoms with E-state index in [0.717, 1.165) is 6.42 Å². The minimum absolute atomic E-state index is 0.0352. The maximum atomic E-state index is 12.4. The van der Waals surface area contributed by atoms with Crippen LogP contribution in [-0.2, 0) is 14.4 Å². The lowest BCUT2D eigenvalue weighted by Crippen LogP contribution is -2.47. The lowest BCUT2D eigenvalue weighted by atomic mass is 9.96. The zero-order valence-electron chi connectivity index (χ0n) is 12.6. The molecule has 3 N–H and O–H groups in total. The van der Waals surface area contributed by atoms with Gasteiger partial charge in [-0.1, -0.05) is 30.3 Å². The number of carbonyl (C=O) groups is 3. The van der Waals surface area contributed by atoms with Gasteiger partial charge in [0, 0.05) is 20.0 Å². The summed E-state index contributed by atoms with van der Waals surface area (Å²) >= 11 is 0. The number of benzene rings is 1. The third-order valence-electron chi connectivity index (χ3n) is 3.94. The molecule has 2 rings (SSSR count). The lowest BCUT2D eigenvalue weighted by molar-refractivity contribution is -0.135. The number of likely N-dealkylation sites (tertiary alicyclic amines) is 1. The van der Waals surface area contributed by atoms with Crippen LogP contribution in [0.1, 0.15) is 31.4 Å². The number of carbonyl (C=O) groups excluding carboxylic acids is 3. The van der Waals surface area contributed by atoms with Crippen molar-refractivity contribution in [1.82, 2.24) is 10.2 Å². The number of amides is 3. The maximum absolute atomic E-state index is 12.4. The number of nitrogens with two attached hydrogens (primary N) is 1. The lowest BCUT2D eigenvalue weighted by Gasteiger charge is -2.32. The SMILES string of the molecule is CC(=O)N1CCCC(C(=O)NC(C(N)=O)c2ccccc2)C1. The molecule has 6 heteroatoms. The monoisotopic (exact) mass is 303 g/mol. The molecule has 6 nitrogen and oxygen atoms in total. The molecule has 2 atom stereocenters. The number of primary amides is 1. The molecular weight excluding hydrogens is 282 g/mol. The highest BCUT2D eigenvalue weighted by atomic mass is 16.2. The van der Waals surface area contributed by atoms with Crippen LogP contribution in [-0.4, -0.2) is 35.7 Å². The average Bonchev–Trinajstić information content (AvgIpc) is 2.53. The summed E-state index contributed by atoms with van der Waals surface area (Å²) in [4.78, 5) is 37.1. The predicted octanol–water partition coefficient (Wildman–Crippen LogP) is 0.588. The van der Waals surface area contributed by atoms with Crippen molar-refractivity contribution in [2.45, 2.75) is 25.8 Å². The minimum Gasteiger partial charge on any atom is -0.368 e. The van der Waals surface area contributed by atoms with Crippen molar-refractivity contribution in [3.63, 3.8) is 0 Å². The average molecular weight is 303 g/mol. The van der Waals surface area contributed by atoms with Crippen molar-refractivity contribution in [3.05, 3.63) is 35.9 Å². The van der Waals surface area contributed by atoms with Crippen LogP contribution in [0, 0.1) is 5.92 Å². The largest absolute Gasteiger partial charge is 0.368 e. The molecule has 118 valence electrons. The summed E-state index contributed by atoms with van der Waals surface area (Å²) in [5.41, 5.74) is 6.06. The summed E-state index contributed by atoms with van der Waals surface area (Å²) in [5.74, 6) is -1.17. The smallest absolute Gasteiger partial charge is 0.244 e. The van der Waals surface area contributed by atoms with Gasteiger partial charge in [0.15, 0.2) is 0 Å². The molecule has 0 aromatic heterocycles. The Kier molecular flexibility index (Phi) is 5.14. The summed E-state index contributed by atoms with van der Waals surface area (Å²) < 4.78 is 0. The summed E-state index contributed by atoms with van der Waals surface area (Å²) in [6.45, 7) is 2.56. The van der Waals surface area contributed by atoms with E-state index in [0.29, 0.717) is 25.1 Å². The van der Waals surface area contributed by atoms with Crippen LogP contribution in [0.15, 0.2) is 30.3 Å². The van der Waals surface area contributed by atoms with E-state index < -0.39 is 11.9 Å². The second-order valence-electron chi connectivity index (χ2n) is 5.56. The molecule has 22 heavy (non-hydrogen) atoms. The van der Waals surface area contributed by atoms with E-state index in [1.165, 1.54) is 6.92 Å². The zero-order chi connectivity index (χ0) is 16.1. The quantitative estimate of drug-likeness (QED) is 0.852. The van der Waals surface area contributed by atoms with Gasteiger partial charge in [0.05, 0.1) is 5.92 Å². The Bertz CT molecular complexity index is 559. The van der Waals surface area contributed by atoms with Crippen LogP contribution < -0.4 is 11.1 Å². The maximum Gasteiger partial charge on any atom is 0.244 e.